The van der Waals surface area contributed by atoms with Crippen LogP contribution < -0.4 is 19.7 Å². The second-order valence-electron chi connectivity index (χ2n) is 6.86. The first-order valence-corrected chi connectivity index (χ1v) is 9.36. The Morgan fingerprint density at radius 3 is 2.62 bits per heavy atom. The van der Waals surface area contributed by atoms with Gasteiger partial charge in [0.05, 0.1) is 17.9 Å². The highest BCUT2D eigenvalue weighted by molar-refractivity contribution is 6.04. The number of benzene rings is 3. The Kier molecular flexibility index (Phi) is 5.33. The summed E-state index contributed by atoms with van der Waals surface area (Å²) >= 11 is 0. The maximum atomic E-state index is 13.7. The number of carbonyl (C=O) groups excluding carboxylic acids is 1. The van der Waals surface area contributed by atoms with Gasteiger partial charge in [-0.05, 0) is 48.5 Å². The number of anilines is 2. The molecule has 5 nitrogen and oxygen atoms in total. The molecule has 1 atom stereocenters. The van der Waals surface area contributed by atoms with Gasteiger partial charge >= 0.3 is 0 Å². The van der Waals surface area contributed by atoms with Crippen LogP contribution in [0.4, 0.5) is 15.8 Å². The molecule has 3 aromatic rings. The number of halogens is 1. The Labute approximate surface area is 168 Å². The molecule has 1 aliphatic heterocycles. The first kappa shape index (κ1) is 18.8. The van der Waals surface area contributed by atoms with Crippen molar-refractivity contribution in [2.24, 2.45) is 0 Å². The van der Waals surface area contributed by atoms with Crippen molar-refractivity contribution in [3.63, 3.8) is 0 Å². The molecule has 1 heterocycles. The zero-order valence-corrected chi connectivity index (χ0v) is 16.0. The van der Waals surface area contributed by atoms with Crippen LogP contribution >= 0.6 is 0 Å². The van der Waals surface area contributed by atoms with Crippen molar-refractivity contribution in [1.29, 1.82) is 0 Å². The minimum Gasteiger partial charge on any atom is -0.490 e. The molecule has 0 spiro atoms. The van der Waals surface area contributed by atoms with Gasteiger partial charge in [-0.25, -0.2) is 4.39 Å². The first-order valence-electron chi connectivity index (χ1n) is 9.36. The summed E-state index contributed by atoms with van der Waals surface area (Å²) in [4.78, 5) is 14.4. The highest BCUT2D eigenvalue weighted by Gasteiger charge is 2.23. The molecule has 1 N–H and O–H groups in total. The zero-order chi connectivity index (χ0) is 20.2. The normalized spacial score (nSPS) is 15.2. The van der Waals surface area contributed by atoms with Crippen molar-refractivity contribution >= 4 is 17.3 Å². The van der Waals surface area contributed by atoms with E-state index in [1.54, 1.807) is 36.4 Å². The zero-order valence-electron chi connectivity index (χ0n) is 16.0. The fourth-order valence-electron chi connectivity index (χ4n) is 3.23. The lowest BCUT2D eigenvalue weighted by Crippen LogP contribution is -2.41. The minimum absolute atomic E-state index is 0.0982. The molecule has 0 unspecified atom stereocenters. The molecule has 1 aliphatic rings. The monoisotopic (exact) mass is 392 g/mol. The number of carbonyl (C=O) groups is 1. The van der Waals surface area contributed by atoms with Crippen molar-refractivity contribution in [2.45, 2.75) is 6.10 Å². The van der Waals surface area contributed by atoms with E-state index in [9.17, 15) is 9.18 Å². The third kappa shape index (κ3) is 4.32. The summed E-state index contributed by atoms with van der Waals surface area (Å²) in [5, 5.41) is 2.56. The standard InChI is InChI=1S/C23H21FN2O3/c1-26-14-18(29-22-9-5-4-8-21(22)26)15-28-17-12-10-16(11-13-17)23(27)25-20-7-3-2-6-19(20)24/h2-13,18H,14-15H2,1H3,(H,25,27)/t18-/m0/s1. The molecule has 0 aliphatic carbocycles. The summed E-state index contributed by atoms with van der Waals surface area (Å²) < 4.78 is 25.5. The molecule has 29 heavy (non-hydrogen) atoms. The number of hydrogen-bond acceptors (Lipinski definition) is 4. The van der Waals surface area contributed by atoms with Crippen LogP contribution in [0.25, 0.3) is 0 Å². The number of likely N-dealkylation sites (N-methyl/N-ethyl adjacent to an activating group) is 1. The van der Waals surface area contributed by atoms with Crippen molar-refractivity contribution in [3.8, 4) is 11.5 Å². The molecular weight excluding hydrogens is 371 g/mol. The quantitative estimate of drug-likeness (QED) is 0.701. The Hall–Kier alpha value is -3.54. The van der Waals surface area contributed by atoms with Crippen LogP contribution in [-0.2, 0) is 0 Å². The van der Waals surface area contributed by atoms with Gasteiger partial charge < -0.3 is 19.7 Å². The third-order valence-electron chi connectivity index (χ3n) is 4.72. The van der Waals surface area contributed by atoms with Crippen LogP contribution in [0.15, 0.2) is 72.8 Å². The Bertz CT molecular complexity index is 1010. The molecule has 0 saturated carbocycles. The molecule has 0 bridgehead atoms. The topological polar surface area (TPSA) is 50.8 Å². The number of rotatable bonds is 5. The summed E-state index contributed by atoms with van der Waals surface area (Å²) in [5.74, 6) is 0.628. The minimum atomic E-state index is -0.472. The summed E-state index contributed by atoms with van der Waals surface area (Å²) in [7, 11) is 2.03. The van der Waals surface area contributed by atoms with Gasteiger partial charge in [0.2, 0.25) is 0 Å². The van der Waals surface area contributed by atoms with Crippen LogP contribution in [-0.4, -0.2) is 32.2 Å². The summed E-state index contributed by atoms with van der Waals surface area (Å²) in [6, 6.07) is 20.7. The van der Waals surface area contributed by atoms with E-state index < -0.39 is 5.82 Å². The van der Waals surface area contributed by atoms with E-state index in [-0.39, 0.29) is 17.7 Å². The smallest absolute Gasteiger partial charge is 0.255 e. The summed E-state index contributed by atoms with van der Waals surface area (Å²) in [6.07, 6.45) is -0.0982. The van der Waals surface area contributed by atoms with Gasteiger partial charge in [-0.15, -0.1) is 0 Å². The van der Waals surface area contributed by atoms with E-state index in [0.717, 1.165) is 18.0 Å². The second-order valence-corrected chi connectivity index (χ2v) is 6.86. The van der Waals surface area contributed by atoms with Crippen LogP contribution in [0.2, 0.25) is 0 Å². The summed E-state index contributed by atoms with van der Waals surface area (Å²) in [6.45, 7) is 1.11. The van der Waals surface area contributed by atoms with Gasteiger partial charge in [0.15, 0.2) is 0 Å². The first-order chi connectivity index (χ1) is 14.1. The van der Waals surface area contributed by atoms with Crippen molar-refractivity contribution in [2.75, 3.05) is 30.4 Å². The van der Waals surface area contributed by atoms with Gasteiger partial charge in [-0.3, -0.25) is 4.79 Å². The Balaban J connectivity index is 1.34. The number of amides is 1. The van der Waals surface area contributed by atoms with Gasteiger partial charge in [-0.1, -0.05) is 24.3 Å². The van der Waals surface area contributed by atoms with E-state index in [2.05, 4.69) is 10.2 Å². The predicted molar refractivity (Wildman–Crippen MR) is 110 cm³/mol. The highest BCUT2D eigenvalue weighted by Crippen LogP contribution is 2.32. The van der Waals surface area contributed by atoms with Gasteiger partial charge in [0.25, 0.3) is 5.91 Å². The van der Waals surface area contributed by atoms with E-state index in [4.69, 9.17) is 9.47 Å². The van der Waals surface area contributed by atoms with E-state index in [1.807, 2.05) is 31.3 Å². The molecule has 4 rings (SSSR count). The molecule has 148 valence electrons. The maximum Gasteiger partial charge on any atom is 0.255 e. The van der Waals surface area contributed by atoms with Crippen LogP contribution in [0.1, 0.15) is 10.4 Å². The third-order valence-corrected chi connectivity index (χ3v) is 4.72. The molecular formula is C23H21FN2O3. The van der Waals surface area contributed by atoms with Crippen LogP contribution in [0.3, 0.4) is 0 Å². The molecule has 0 radical (unpaired) electrons. The van der Waals surface area contributed by atoms with E-state index in [1.165, 1.54) is 12.1 Å². The van der Waals surface area contributed by atoms with E-state index in [0.29, 0.717) is 17.9 Å². The van der Waals surface area contributed by atoms with Crippen molar-refractivity contribution < 1.29 is 18.7 Å². The average molecular weight is 392 g/mol. The lowest BCUT2D eigenvalue weighted by molar-refractivity contribution is 0.102. The fraction of sp³-hybridized carbons (Fsp3) is 0.174. The number of fused-ring (bicyclic) bond motifs is 1. The lowest BCUT2D eigenvalue weighted by atomic mass is 10.2. The summed E-state index contributed by atoms with van der Waals surface area (Å²) in [5.41, 5.74) is 1.63. The molecule has 0 saturated heterocycles. The van der Waals surface area contributed by atoms with Gasteiger partial charge in [0, 0.05) is 12.6 Å². The van der Waals surface area contributed by atoms with Crippen LogP contribution in [0.5, 0.6) is 11.5 Å². The van der Waals surface area contributed by atoms with Crippen molar-refractivity contribution in [1.82, 2.24) is 0 Å². The number of nitrogens with zero attached hydrogens (tertiary/aromatic N) is 1. The fourth-order valence-corrected chi connectivity index (χ4v) is 3.23. The Morgan fingerprint density at radius 2 is 1.83 bits per heavy atom. The molecule has 0 fully saturated rings. The van der Waals surface area contributed by atoms with E-state index >= 15 is 0 Å². The number of hydrogen-bond donors (Lipinski definition) is 1. The highest BCUT2D eigenvalue weighted by atomic mass is 19.1. The van der Waals surface area contributed by atoms with Gasteiger partial charge in [-0.2, -0.15) is 0 Å². The van der Waals surface area contributed by atoms with Crippen LogP contribution in [0, 0.1) is 5.82 Å². The lowest BCUT2D eigenvalue weighted by Gasteiger charge is -2.33. The molecule has 1 amide bonds. The predicted octanol–water partition coefficient (Wildman–Crippen LogP) is 4.35. The average Bonchev–Trinajstić information content (AvgIpc) is 2.74. The maximum absolute atomic E-state index is 13.7. The molecule has 6 heteroatoms. The number of nitrogens with one attached hydrogen (secondary N) is 1. The van der Waals surface area contributed by atoms with Crippen molar-refractivity contribution in [3.05, 3.63) is 84.2 Å². The molecule has 3 aromatic carbocycles. The SMILES string of the molecule is CN1C[C@@H](COc2ccc(C(=O)Nc3ccccc3F)cc2)Oc2ccccc21. The number of ether oxygens (including phenoxy) is 2. The number of para-hydroxylation sites is 3. The second kappa shape index (κ2) is 8.22. The van der Waals surface area contributed by atoms with Gasteiger partial charge in [0.1, 0.15) is 30.0 Å². The largest absolute Gasteiger partial charge is 0.490 e. The Morgan fingerprint density at radius 1 is 1.10 bits per heavy atom. The molecule has 0 aromatic heterocycles.